The van der Waals surface area contributed by atoms with E-state index in [1.807, 2.05) is 12.1 Å². The number of hydrazone groups is 1. The molecule has 0 radical (unpaired) electrons. The molecule has 3 N–H and O–H groups in total. The fourth-order valence-electron chi connectivity index (χ4n) is 2.72. The summed E-state index contributed by atoms with van der Waals surface area (Å²) in [6.07, 6.45) is 1.42. The number of para-hydroxylation sites is 1. The normalized spacial score (nSPS) is 15.4. The lowest BCUT2D eigenvalue weighted by atomic mass is 10.1. The van der Waals surface area contributed by atoms with Crippen LogP contribution < -0.4 is 10.3 Å². The first-order chi connectivity index (χ1) is 12.2. The van der Waals surface area contributed by atoms with Crippen LogP contribution >= 0.6 is 0 Å². The smallest absolute Gasteiger partial charge is 0.271 e. The highest BCUT2D eigenvalue weighted by Crippen LogP contribution is 2.12. The molecule has 1 heterocycles. The van der Waals surface area contributed by atoms with E-state index in [2.05, 4.69) is 10.5 Å². The van der Waals surface area contributed by atoms with Crippen molar-refractivity contribution in [2.24, 2.45) is 5.10 Å². The Morgan fingerprint density at radius 1 is 1.16 bits per heavy atom. The zero-order valence-electron chi connectivity index (χ0n) is 13.9. The molecule has 25 heavy (non-hydrogen) atoms. The van der Waals surface area contributed by atoms with Crippen molar-refractivity contribution in [3.63, 3.8) is 0 Å². The van der Waals surface area contributed by atoms with Gasteiger partial charge in [0.15, 0.2) is 0 Å². The average molecular weight is 340 g/mol. The van der Waals surface area contributed by atoms with E-state index >= 15 is 0 Å². The third-order valence-corrected chi connectivity index (χ3v) is 4.18. The number of nitrogens with one attached hydrogen (secondary N) is 2. The zero-order valence-corrected chi connectivity index (χ0v) is 13.9. The summed E-state index contributed by atoms with van der Waals surface area (Å²) < 4.78 is 5.36. The van der Waals surface area contributed by atoms with Gasteiger partial charge in [-0.2, -0.15) is 5.10 Å². The SMILES string of the molecule is O=C(NN=Cc1ccccc1O)c1ccc(C[NH+]2CCOCC2)cc1. The van der Waals surface area contributed by atoms with Crippen LogP contribution in [-0.2, 0) is 11.3 Å². The molecule has 1 aliphatic rings. The third kappa shape index (κ3) is 4.89. The Balaban J connectivity index is 1.54. The lowest BCUT2D eigenvalue weighted by molar-refractivity contribution is -0.921. The number of carbonyl (C=O) groups is 1. The maximum atomic E-state index is 12.1. The molecule has 1 fully saturated rings. The van der Waals surface area contributed by atoms with Gasteiger partial charge in [-0.25, -0.2) is 5.43 Å². The maximum absolute atomic E-state index is 12.1. The highest BCUT2D eigenvalue weighted by Gasteiger charge is 2.14. The van der Waals surface area contributed by atoms with Crippen molar-refractivity contribution in [1.29, 1.82) is 0 Å². The Kier molecular flexibility index (Phi) is 5.77. The van der Waals surface area contributed by atoms with Crippen LogP contribution in [0, 0.1) is 0 Å². The number of morpholine rings is 1. The summed E-state index contributed by atoms with van der Waals surface area (Å²) in [6.45, 7) is 4.60. The largest absolute Gasteiger partial charge is 0.507 e. The van der Waals surface area contributed by atoms with Crippen LogP contribution in [0.3, 0.4) is 0 Å². The molecule has 2 aromatic carbocycles. The summed E-state index contributed by atoms with van der Waals surface area (Å²) in [6, 6.07) is 14.4. The third-order valence-electron chi connectivity index (χ3n) is 4.18. The number of hydrogen-bond donors (Lipinski definition) is 3. The van der Waals surface area contributed by atoms with Crippen molar-refractivity contribution in [3.05, 3.63) is 65.2 Å². The highest BCUT2D eigenvalue weighted by molar-refractivity contribution is 5.95. The zero-order chi connectivity index (χ0) is 17.5. The standard InChI is InChI=1S/C19H21N3O3/c23-18-4-2-1-3-17(18)13-20-21-19(24)16-7-5-15(6-8-16)14-22-9-11-25-12-10-22/h1-8,13,23H,9-12,14H2,(H,21,24)/p+1. The van der Waals surface area contributed by atoms with Gasteiger partial charge in [0.2, 0.25) is 0 Å². The molecule has 3 rings (SSSR count). The van der Waals surface area contributed by atoms with Crippen LogP contribution in [0.1, 0.15) is 21.5 Å². The van der Waals surface area contributed by atoms with Crippen molar-refractivity contribution < 1.29 is 19.5 Å². The fraction of sp³-hybridized carbons (Fsp3) is 0.263. The molecule has 0 aromatic heterocycles. The topological polar surface area (TPSA) is 75.4 Å². The average Bonchev–Trinajstić information content (AvgIpc) is 2.65. The number of ether oxygens (including phenoxy) is 1. The molecular formula is C19H22N3O3+. The summed E-state index contributed by atoms with van der Waals surface area (Å²) in [7, 11) is 0. The number of rotatable bonds is 5. The molecule has 1 aliphatic heterocycles. The van der Waals surface area contributed by atoms with Crippen molar-refractivity contribution in [2.45, 2.75) is 6.54 Å². The number of nitrogens with zero attached hydrogens (tertiary/aromatic N) is 1. The highest BCUT2D eigenvalue weighted by atomic mass is 16.5. The molecule has 6 nitrogen and oxygen atoms in total. The number of aromatic hydroxyl groups is 1. The van der Waals surface area contributed by atoms with E-state index in [0.717, 1.165) is 32.8 Å². The molecule has 0 aliphatic carbocycles. The minimum Gasteiger partial charge on any atom is -0.507 e. The number of phenols is 1. The van der Waals surface area contributed by atoms with Gasteiger partial charge < -0.3 is 14.7 Å². The first-order valence-corrected chi connectivity index (χ1v) is 8.34. The van der Waals surface area contributed by atoms with E-state index in [-0.39, 0.29) is 11.7 Å². The molecule has 0 spiro atoms. The van der Waals surface area contributed by atoms with Crippen LogP contribution in [0.5, 0.6) is 5.75 Å². The predicted molar refractivity (Wildman–Crippen MR) is 94.8 cm³/mol. The summed E-state index contributed by atoms with van der Waals surface area (Å²) in [5.74, 6) is -0.160. The number of benzene rings is 2. The van der Waals surface area contributed by atoms with Crippen LogP contribution in [0.2, 0.25) is 0 Å². The van der Waals surface area contributed by atoms with Gasteiger partial charge in [-0.15, -0.1) is 0 Å². The molecule has 6 heteroatoms. The van der Waals surface area contributed by atoms with Crippen molar-refractivity contribution in [1.82, 2.24) is 5.43 Å². The Morgan fingerprint density at radius 2 is 1.88 bits per heavy atom. The first kappa shape index (κ1) is 17.1. The first-order valence-electron chi connectivity index (χ1n) is 8.34. The van der Waals surface area contributed by atoms with E-state index in [1.54, 1.807) is 36.4 Å². The van der Waals surface area contributed by atoms with Crippen molar-refractivity contribution in [2.75, 3.05) is 26.3 Å². The van der Waals surface area contributed by atoms with Crippen molar-refractivity contribution in [3.8, 4) is 5.75 Å². The molecule has 0 saturated carbocycles. The quantitative estimate of drug-likeness (QED) is 0.550. The van der Waals surface area contributed by atoms with E-state index < -0.39 is 0 Å². The number of carbonyl (C=O) groups excluding carboxylic acids is 1. The summed E-state index contributed by atoms with van der Waals surface area (Å²) >= 11 is 0. The van der Waals surface area contributed by atoms with Gasteiger partial charge in [0.05, 0.1) is 19.4 Å². The summed E-state index contributed by atoms with van der Waals surface area (Å²) in [4.78, 5) is 13.6. The van der Waals surface area contributed by atoms with Gasteiger partial charge in [-0.3, -0.25) is 4.79 Å². The minimum atomic E-state index is -0.281. The molecule has 1 saturated heterocycles. The molecule has 0 atom stereocenters. The minimum absolute atomic E-state index is 0.121. The molecule has 130 valence electrons. The van der Waals surface area contributed by atoms with Crippen LogP contribution in [-0.4, -0.2) is 43.5 Å². The van der Waals surface area contributed by atoms with Crippen molar-refractivity contribution >= 4 is 12.1 Å². The lowest BCUT2D eigenvalue weighted by Gasteiger charge is -2.23. The number of phenolic OH excluding ortho intramolecular Hbond substituents is 1. The Morgan fingerprint density at radius 3 is 2.60 bits per heavy atom. The molecule has 2 aromatic rings. The van der Waals surface area contributed by atoms with Gasteiger partial charge in [-0.05, 0) is 24.3 Å². The predicted octanol–water partition coefficient (Wildman–Crippen LogP) is 0.571. The van der Waals surface area contributed by atoms with E-state index in [9.17, 15) is 9.90 Å². The second-order valence-corrected chi connectivity index (χ2v) is 5.99. The number of amides is 1. The monoisotopic (exact) mass is 340 g/mol. The van der Waals surface area contributed by atoms with Gasteiger partial charge in [0, 0.05) is 16.7 Å². The molecular weight excluding hydrogens is 318 g/mol. The lowest BCUT2D eigenvalue weighted by Crippen LogP contribution is -3.12. The summed E-state index contributed by atoms with van der Waals surface area (Å²) in [5, 5.41) is 13.5. The van der Waals surface area contributed by atoms with E-state index in [4.69, 9.17) is 4.74 Å². The number of quaternary nitrogens is 1. The van der Waals surface area contributed by atoms with Gasteiger partial charge in [0.1, 0.15) is 25.4 Å². The fourth-order valence-corrected chi connectivity index (χ4v) is 2.72. The van der Waals surface area contributed by atoms with Crippen LogP contribution in [0.15, 0.2) is 53.6 Å². The Bertz CT molecular complexity index is 738. The van der Waals surface area contributed by atoms with E-state index in [1.165, 1.54) is 16.7 Å². The maximum Gasteiger partial charge on any atom is 0.271 e. The van der Waals surface area contributed by atoms with E-state index in [0.29, 0.717) is 11.1 Å². The number of hydrogen-bond acceptors (Lipinski definition) is 4. The molecule has 0 unspecified atom stereocenters. The molecule has 0 bridgehead atoms. The van der Waals surface area contributed by atoms with Gasteiger partial charge >= 0.3 is 0 Å². The molecule has 1 amide bonds. The Labute approximate surface area is 146 Å². The second-order valence-electron chi connectivity index (χ2n) is 5.99. The van der Waals surface area contributed by atoms with Crippen LogP contribution in [0.4, 0.5) is 0 Å². The van der Waals surface area contributed by atoms with Gasteiger partial charge in [0.25, 0.3) is 5.91 Å². The summed E-state index contributed by atoms with van der Waals surface area (Å²) in [5.41, 5.74) is 4.77. The van der Waals surface area contributed by atoms with Crippen LogP contribution in [0.25, 0.3) is 0 Å². The Hall–Kier alpha value is -2.70. The second kappa shape index (κ2) is 8.41. The van der Waals surface area contributed by atoms with Gasteiger partial charge in [-0.1, -0.05) is 24.3 Å².